The van der Waals surface area contributed by atoms with Crippen molar-refractivity contribution in [3.63, 3.8) is 0 Å². The van der Waals surface area contributed by atoms with Crippen molar-refractivity contribution in [3.05, 3.63) is 46.4 Å². The van der Waals surface area contributed by atoms with E-state index < -0.39 is 29.9 Å². The number of piperazine rings is 1. The second-order valence-electron chi connectivity index (χ2n) is 7.68. The van der Waals surface area contributed by atoms with Gasteiger partial charge in [0, 0.05) is 37.9 Å². The van der Waals surface area contributed by atoms with Crippen LogP contribution in [0.5, 0.6) is 0 Å². The molecule has 1 N–H and O–H groups in total. The maximum Gasteiger partial charge on any atom is 0.493 e. The van der Waals surface area contributed by atoms with Gasteiger partial charge in [0.1, 0.15) is 11.4 Å². The van der Waals surface area contributed by atoms with Crippen LogP contribution in [0.3, 0.4) is 0 Å². The summed E-state index contributed by atoms with van der Waals surface area (Å²) in [5.74, 6) is 2.30. The molecule has 0 spiro atoms. The molecule has 1 atom stereocenters. The number of carbonyl (C=O) groups is 1. The normalized spacial score (nSPS) is 18.1. The second kappa shape index (κ2) is 9.88. The van der Waals surface area contributed by atoms with Gasteiger partial charge in [0.15, 0.2) is 6.29 Å². The number of nitrogens with zero attached hydrogens (tertiary/aromatic N) is 6. The quantitative estimate of drug-likeness (QED) is 0.365. The number of hydrogen-bond acceptors (Lipinski definition) is 9. The largest absolute Gasteiger partial charge is 0.493 e. The monoisotopic (exact) mass is 495 g/mol. The van der Waals surface area contributed by atoms with Gasteiger partial charge in [-0.3, -0.25) is 9.69 Å². The van der Waals surface area contributed by atoms with Crippen LogP contribution in [0.4, 0.5) is 28.9 Å². The molecule has 0 radical (unpaired) electrons. The smallest absolute Gasteiger partial charge is 0.329 e. The third kappa shape index (κ3) is 4.91. The Morgan fingerprint density at radius 3 is 2.71 bits per heavy atom. The molecule has 4 heterocycles. The van der Waals surface area contributed by atoms with Crippen molar-refractivity contribution in [1.29, 1.82) is 0 Å². The Morgan fingerprint density at radius 1 is 1.31 bits per heavy atom. The minimum absolute atomic E-state index is 0.0430. The highest BCUT2D eigenvalue weighted by molar-refractivity contribution is 5.81. The lowest BCUT2D eigenvalue weighted by molar-refractivity contribution is -0.203. The molecule has 1 unspecified atom stereocenters. The van der Waals surface area contributed by atoms with E-state index >= 15 is 0 Å². The molecule has 1 fully saturated rings. The zero-order valence-electron chi connectivity index (χ0n) is 18.5. The Kier molecular flexibility index (Phi) is 6.90. The molecular weight excluding hydrogens is 474 g/mol. The first-order valence-electron chi connectivity index (χ1n) is 10.6. The van der Waals surface area contributed by atoms with Crippen LogP contribution in [-0.2, 0) is 16.2 Å². The summed E-state index contributed by atoms with van der Waals surface area (Å²) < 4.78 is 54.3. The molecule has 4 rings (SSSR count). The Hall–Kier alpha value is -3.70. The van der Waals surface area contributed by atoms with E-state index in [1.807, 2.05) is 0 Å². The van der Waals surface area contributed by atoms with Crippen molar-refractivity contribution in [2.24, 2.45) is 0 Å². The fourth-order valence-corrected chi connectivity index (χ4v) is 3.90. The SMILES string of the molecule is CC#CCN1c2c(cnn(Cc3cccnc3F)c2=O)N(OC(=O)C(F)(F)F)C1N1CCNCC1. The van der Waals surface area contributed by atoms with Crippen molar-refractivity contribution in [2.75, 3.05) is 42.7 Å². The average molecular weight is 495 g/mol. The number of hydrogen-bond donors (Lipinski definition) is 1. The van der Waals surface area contributed by atoms with E-state index in [-0.39, 0.29) is 30.0 Å². The molecule has 0 aliphatic carbocycles. The van der Waals surface area contributed by atoms with Gasteiger partial charge < -0.3 is 15.1 Å². The Labute approximate surface area is 197 Å². The number of halogens is 4. The zero-order chi connectivity index (χ0) is 25.2. The lowest BCUT2D eigenvalue weighted by atomic mass is 10.3. The van der Waals surface area contributed by atoms with E-state index in [1.165, 1.54) is 23.2 Å². The molecule has 186 valence electrons. The maximum atomic E-state index is 14.1. The second-order valence-corrected chi connectivity index (χ2v) is 7.68. The molecular formula is C21H21F4N7O3. The van der Waals surface area contributed by atoms with Crippen molar-refractivity contribution in [1.82, 2.24) is 25.0 Å². The molecule has 2 aromatic heterocycles. The van der Waals surface area contributed by atoms with Gasteiger partial charge in [-0.05, 0) is 13.0 Å². The molecule has 2 aliphatic heterocycles. The predicted molar refractivity (Wildman–Crippen MR) is 115 cm³/mol. The number of carbonyl (C=O) groups excluding carboxylic acids is 1. The Bertz CT molecular complexity index is 1220. The summed E-state index contributed by atoms with van der Waals surface area (Å²) in [7, 11) is 0. The maximum absolute atomic E-state index is 14.1. The van der Waals surface area contributed by atoms with Crippen molar-refractivity contribution >= 4 is 17.3 Å². The molecule has 14 heteroatoms. The predicted octanol–water partition coefficient (Wildman–Crippen LogP) is 0.685. The number of hydroxylamine groups is 1. The van der Waals surface area contributed by atoms with E-state index in [2.05, 4.69) is 27.2 Å². The summed E-state index contributed by atoms with van der Waals surface area (Å²) in [5, 5.41) is 7.89. The van der Waals surface area contributed by atoms with Gasteiger partial charge in [0.2, 0.25) is 5.95 Å². The van der Waals surface area contributed by atoms with Crippen LogP contribution in [0.1, 0.15) is 12.5 Å². The number of aromatic nitrogens is 3. The summed E-state index contributed by atoms with van der Waals surface area (Å²) in [6.07, 6.45) is -3.96. The molecule has 0 bridgehead atoms. The molecule has 1 saturated heterocycles. The highest BCUT2D eigenvalue weighted by Gasteiger charge is 2.49. The number of pyridine rings is 1. The van der Waals surface area contributed by atoms with Crippen molar-refractivity contribution < 1.29 is 27.2 Å². The topological polar surface area (TPSA) is 95.8 Å². The first kappa shape index (κ1) is 24.4. The van der Waals surface area contributed by atoms with Crippen LogP contribution in [0.15, 0.2) is 29.3 Å². The van der Waals surface area contributed by atoms with E-state index in [1.54, 1.807) is 11.8 Å². The molecule has 10 nitrogen and oxygen atoms in total. The number of alkyl halides is 3. The van der Waals surface area contributed by atoms with E-state index in [0.717, 1.165) is 15.9 Å². The Balaban J connectivity index is 1.81. The molecule has 2 aliphatic rings. The molecule has 0 aromatic carbocycles. The summed E-state index contributed by atoms with van der Waals surface area (Å²) in [6.45, 7) is 3.13. The van der Waals surface area contributed by atoms with Gasteiger partial charge in [-0.25, -0.2) is 14.5 Å². The van der Waals surface area contributed by atoms with Crippen LogP contribution in [0.25, 0.3) is 0 Å². The minimum Gasteiger partial charge on any atom is -0.329 e. The minimum atomic E-state index is -5.26. The summed E-state index contributed by atoms with van der Waals surface area (Å²) >= 11 is 0. The lowest BCUT2D eigenvalue weighted by Crippen LogP contribution is -2.61. The van der Waals surface area contributed by atoms with Crippen molar-refractivity contribution in [3.8, 4) is 11.8 Å². The van der Waals surface area contributed by atoms with Gasteiger partial charge in [0.05, 0.1) is 19.3 Å². The molecule has 2 aromatic rings. The number of anilines is 2. The Morgan fingerprint density at radius 2 is 2.06 bits per heavy atom. The fourth-order valence-electron chi connectivity index (χ4n) is 3.90. The standard InChI is InChI=1S/C21H21F4N7O3/c1-2-3-9-30-16-15(12-28-31(18(16)33)13-14-5-4-6-27-17(14)22)32(35-19(34)21(23,24)25)20(30)29-10-7-26-8-11-29/h4-6,12,20,26H,7-11,13H2,1H3. The van der Waals surface area contributed by atoms with E-state index in [9.17, 15) is 27.2 Å². The first-order chi connectivity index (χ1) is 16.7. The summed E-state index contributed by atoms with van der Waals surface area (Å²) in [4.78, 5) is 36.8. The average Bonchev–Trinajstić information content (AvgIpc) is 3.14. The van der Waals surface area contributed by atoms with E-state index in [4.69, 9.17) is 4.84 Å². The number of nitrogens with one attached hydrogen (secondary N) is 1. The molecule has 0 amide bonds. The van der Waals surface area contributed by atoms with Crippen LogP contribution in [-0.4, -0.2) is 70.8 Å². The lowest BCUT2D eigenvalue weighted by Gasteiger charge is -2.40. The third-order valence-electron chi connectivity index (χ3n) is 5.49. The summed E-state index contributed by atoms with van der Waals surface area (Å²) in [6, 6.07) is 2.93. The molecule has 35 heavy (non-hydrogen) atoms. The van der Waals surface area contributed by atoms with Crippen molar-refractivity contribution in [2.45, 2.75) is 25.9 Å². The van der Waals surface area contributed by atoms with Crippen LogP contribution in [0.2, 0.25) is 0 Å². The first-order valence-corrected chi connectivity index (χ1v) is 10.6. The van der Waals surface area contributed by atoms with Gasteiger partial charge in [-0.1, -0.05) is 12.0 Å². The van der Waals surface area contributed by atoms with Crippen LogP contribution >= 0.6 is 0 Å². The zero-order valence-corrected chi connectivity index (χ0v) is 18.5. The van der Waals surface area contributed by atoms with E-state index in [0.29, 0.717) is 26.2 Å². The van der Waals surface area contributed by atoms with Gasteiger partial charge in [-0.2, -0.15) is 27.7 Å². The fraction of sp³-hybridized carbons (Fsp3) is 0.429. The number of fused-ring (bicyclic) bond motifs is 1. The molecule has 0 saturated carbocycles. The third-order valence-corrected chi connectivity index (χ3v) is 5.49. The van der Waals surface area contributed by atoms with Gasteiger partial charge in [-0.15, -0.1) is 5.92 Å². The van der Waals surface area contributed by atoms with Crippen LogP contribution in [0, 0.1) is 17.8 Å². The van der Waals surface area contributed by atoms with Crippen LogP contribution < -0.4 is 20.8 Å². The van der Waals surface area contributed by atoms with Gasteiger partial charge >= 0.3 is 12.1 Å². The number of rotatable bonds is 5. The highest BCUT2D eigenvalue weighted by Crippen LogP contribution is 2.38. The van der Waals surface area contributed by atoms with Gasteiger partial charge in [0.25, 0.3) is 5.56 Å². The highest BCUT2D eigenvalue weighted by atomic mass is 19.4. The summed E-state index contributed by atoms with van der Waals surface area (Å²) in [5.41, 5.74) is -0.809.